The Morgan fingerprint density at radius 2 is 1.88 bits per heavy atom. The number of aromatic nitrogens is 1. The topological polar surface area (TPSA) is 150 Å². The van der Waals surface area contributed by atoms with E-state index in [0.29, 0.717) is 0 Å². The summed E-state index contributed by atoms with van der Waals surface area (Å²) in [5, 5.41) is 19.8. The molecule has 0 bridgehead atoms. The molecule has 1 heterocycles. The number of nitrogens with one attached hydrogen (secondary N) is 4. The molecule has 0 radical (unpaired) electrons. The second-order valence-electron chi connectivity index (χ2n) is 9.32. The van der Waals surface area contributed by atoms with Crippen molar-refractivity contribution in [3.05, 3.63) is 92.7 Å². The number of benzene rings is 2. The van der Waals surface area contributed by atoms with E-state index in [1.54, 1.807) is 18.3 Å². The number of urea groups is 1. The third-order valence-corrected chi connectivity index (χ3v) is 7.13. The number of aryl methyl sites for hydroxylation is 2. The van der Waals surface area contributed by atoms with Crippen molar-refractivity contribution in [2.45, 2.75) is 38.3 Å². The van der Waals surface area contributed by atoms with Gasteiger partial charge in [0.1, 0.15) is 6.04 Å². The molecule has 12 heteroatoms. The van der Waals surface area contributed by atoms with E-state index in [4.69, 9.17) is 23.2 Å². The minimum absolute atomic E-state index is 0.0417. The van der Waals surface area contributed by atoms with E-state index in [2.05, 4.69) is 26.3 Å². The molecule has 1 aliphatic carbocycles. The molecule has 0 fully saturated rings. The summed E-state index contributed by atoms with van der Waals surface area (Å²) in [6.45, 7) is 1.42. The molecule has 4 amide bonds. The molecule has 0 aliphatic heterocycles. The van der Waals surface area contributed by atoms with Crippen LogP contribution in [-0.2, 0) is 22.4 Å². The van der Waals surface area contributed by atoms with Crippen LogP contribution < -0.4 is 21.3 Å². The molecule has 5 N–H and O–H groups in total. The van der Waals surface area contributed by atoms with Crippen molar-refractivity contribution in [3.63, 3.8) is 0 Å². The van der Waals surface area contributed by atoms with Crippen LogP contribution in [0.2, 0.25) is 10.0 Å². The van der Waals surface area contributed by atoms with E-state index in [1.807, 2.05) is 31.2 Å². The highest BCUT2D eigenvalue weighted by atomic mass is 35.5. The van der Waals surface area contributed by atoms with Gasteiger partial charge in [-0.2, -0.15) is 0 Å². The molecule has 0 spiro atoms. The van der Waals surface area contributed by atoms with Crippen LogP contribution in [-0.4, -0.2) is 46.5 Å². The van der Waals surface area contributed by atoms with Crippen molar-refractivity contribution in [2.75, 3.05) is 11.9 Å². The molecule has 0 saturated heterocycles. The Balaban J connectivity index is 1.38. The zero-order chi connectivity index (χ0) is 28.8. The van der Waals surface area contributed by atoms with Gasteiger partial charge in [-0.25, -0.2) is 9.59 Å². The van der Waals surface area contributed by atoms with E-state index in [-0.39, 0.29) is 39.7 Å². The minimum Gasteiger partial charge on any atom is -0.480 e. The number of carbonyl (C=O) groups excluding carboxylic acids is 3. The molecule has 208 valence electrons. The van der Waals surface area contributed by atoms with Crippen molar-refractivity contribution in [2.24, 2.45) is 0 Å². The van der Waals surface area contributed by atoms with Crippen LogP contribution in [0.1, 0.15) is 45.2 Å². The van der Waals surface area contributed by atoms with E-state index in [9.17, 15) is 24.3 Å². The highest BCUT2D eigenvalue weighted by Gasteiger charge is 2.27. The van der Waals surface area contributed by atoms with Gasteiger partial charge in [0.2, 0.25) is 5.91 Å². The van der Waals surface area contributed by atoms with Gasteiger partial charge in [-0.05, 0) is 60.7 Å². The number of rotatable bonds is 9. The first-order valence-corrected chi connectivity index (χ1v) is 13.2. The highest BCUT2D eigenvalue weighted by molar-refractivity contribution is 6.41. The third-order valence-electron chi connectivity index (χ3n) is 6.43. The molecule has 3 aromatic rings. The SMILES string of the molecule is Cc1cc(CC(=O)Nc2ccc(Cl)c(C(=O)NC(CNC(=O)NC3CCc4ccccc43)C(=O)O)c2Cl)ccn1. The summed E-state index contributed by atoms with van der Waals surface area (Å²) in [4.78, 5) is 54.0. The predicted molar refractivity (Wildman–Crippen MR) is 151 cm³/mol. The number of carboxylic acids is 1. The lowest BCUT2D eigenvalue weighted by Crippen LogP contribution is -2.50. The third kappa shape index (κ3) is 7.08. The second kappa shape index (κ2) is 12.8. The van der Waals surface area contributed by atoms with Crippen molar-refractivity contribution < 1.29 is 24.3 Å². The van der Waals surface area contributed by atoms with Gasteiger partial charge < -0.3 is 26.4 Å². The number of nitrogens with zero attached hydrogens (tertiary/aromatic N) is 1. The number of fused-ring (bicyclic) bond motifs is 1. The largest absolute Gasteiger partial charge is 0.480 e. The molecule has 4 rings (SSSR count). The summed E-state index contributed by atoms with van der Waals surface area (Å²) in [6.07, 6.45) is 3.21. The van der Waals surface area contributed by atoms with Gasteiger partial charge in [-0.15, -0.1) is 0 Å². The fraction of sp³-hybridized carbons (Fsp3) is 0.250. The molecular formula is C28H27Cl2N5O5. The average Bonchev–Trinajstić information content (AvgIpc) is 3.30. The molecule has 1 aromatic heterocycles. The lowest BCUT2D eigenvalue weighted by atomic mass is 10.1. The second-order valence-corrected chi connectivity index (χ2v) is 10.1. The maximum absolute atomic E-state index is 13.0. The van der Waals surface area contributed by atoms with E-state index < -0.39 is 30.5 Å². The normalized spacial score (nSPS) is 14.5. The highest BCUT2D eigenvalue weighted by Crippen LogP contribution is 2.32. The quantitative estimate of drug-likeness (QED) is 0.256. The van der Waals surface area contributed by atoms with Crippen LogP contribution in [0, 0.1) is 6.92 Å². The summed E-state index contributed by atoms with van der Waals surface area (Å²) in [7, 11) is 0. The summed E-state index contributed by atoms with van der Waals surface area (Å²) in [5.41, 5.74) is 3.60. The smallest absolute Gasteiger partial charge is 0.328 e. The van der Waals surface area contributed by atoms with Crippen LogP contribution in [0.4, 0.5) is 10.5 Å². The number of hydrogen-bond acceptors (Lipinski definition) is 5. The van der Waals surface area contributed by atoms with Crippen LogP contribution in [0.5, 0.6) is 0 Å². The number of carbonyl (C=O) groups is 4. The van der Waals surface area contributed by atoms with Gasteiger partial charge in [0.15, 0.2) is 0 Å². The Hall–Kier alpha value is -4.15. The fourth-order valence-electron chi connectivity index (χ4n) is 4.49. The molecule has 0 saturated carbocycles. The van der Waals surface area contributed by atoms with Gasteiger partial charge in [-0.3, -0.25) is 14.6 Å². The summed E-state index contributed by atoms with van der Waals surface area (Å²) < 4.78 is 0. The Bertz CT molecular complexity index is 1460. The lowest BCUT2D eigenvalue weighted by molar-refractivity contribution is -0.139. The fourth-order valence-corrected chi connectivity index (χ4v) is 5.08. The Morgan fingerprint density at radius 3 is 2.62 bits per heavy atom. The van der Waals surface area contributed by atoms with Crippen molar-refractivity contribution in [3.8, 4) is 0 Å². The van der Waals surface area contributed by atoms with Gasteiger partial charge in [0.05, 0.1) is 40.3 Å². The summed E-state index contributed by atoms with van der Waals surface area (Å²) >= 11 is 12.6. The molecular weight excluding hydrogens is 557 g/mol. The zero-order valence-electron chi connectivity index (χ0n) is 21.5. The molecule has 2 atom stereocenters. The van der Waals surface area contributed by atoms with Gasteiger partial charge in [0.25, 0.3) is 5.91 Å². The lowest BCUT2D eigenvalue weighted by Gasteiger charge is -2.19. The first-order chi connectivity index (χ1) is 19.1. The zero-order valence-corrected chi connectivity index (χ0v) is 23.0. The molecule has 1 aliphatic rings. The van der Waals surface area contributed by atoms with Crippen molar-refractivity contribution >= 4 is 52.7 Å². The number of aliphatic carboxylic acids is 1. The van der Waals surface area contributed by atoms with Crippen LogP contribution in [0.15, 0.2) is 54.7 Å². The van der Waals surface area contributed by atoms with Crippen molar-refractivity contribution in [1.82, 2.24) is 20.9 Å². The molecule has 2 aromatic carbocycles. The van der Waals surface area contributed by atoms with Crippen molar-refractivity contribution in [1.29, 1.82) is 0 Å². The summed E-state index contributed by atoms with van der Waals surface area (Å²) in [5.74, 6) is -2.64. The maximum Gasteiger partial charge on any atom is 0.328 e. The van der Waals surface area contributed by atoms with Crippen LogP contribution in [0.3, 0.4) is 0 Å². The van der Waals surface area contributed by atoms with Crippen LogP contribution >= 0.6 is 23.2 Å². The first-order valence-electron chi connectivity index (χ1n) is 12.5. The van der Waals surface area contributed by atoms with Gasteiger partial charge in [-0.1, -0.05) is 47.5 Å². The number of amides is 4. The number of pyridine rings is 1. The number of halogens is 2. The van der Waals surface area contributed by atoms with Gasteiger partial charge in [0, 0.05) is 11.9 Å². The first kappa shape index (κ1) is 28.8. The van der Waals surface area contributed by atoms with E-state index in [0.717, 1.165) is 35.2 Å². The number of anilines is 1. The minimum atomic E-state index is -1.48. The summed E-state index contributed by atoms with van der Waals surface area (Å²) in [6, 6.07) is 11.8. The van der Waals surface area contributed by atoms with E-state index >= 15 is 0 Å². The number of hydrogen-bond donors (Lipinski definition) is 5. The Labute approximate surface area is 240 Å². The molecule has 2 unspecified atom stereocenters. The Morgan fingerprint density at radius 1 is 1.10 bits per heavy atom. The van der Waals surface area contributed by atoms with Gasteiger partial charge >= 0.3 is 12.0 Å². The predicted octanol–water partition coefficient (Wildman–Crippen LogP) is 4.05. The number of carboxylic acid groups (broad SMARTS) is 1. The standard InChI is InChI=1S/C28H27Cl2N5O5/c1-15-12-16(10-11-31-15)13-23(36)33-21-9-7-19(29)24(25(21)30)26(37)34-22(27(38)39)14-32-28(40)35-20-8-6-17-4-2-3-5-18(17)20/h2-5,7,9-12,20,22H,6,8,13-14H2,1H3,(H,33,36)(H,34,37)(H,38,39)(H2,32,35,40). The maximum atomic E-state index is 13.0. The molecule has 10 nitrogen and oxygen atoms in total. The average molecular weight is 584 g/mol. The monoisotopic (exact) mass is 583 g/mol. The van der Waals surface area contributed by atoms with E-state index in [1.165, 1.54) is 12.1 Å². The Kier molecular flexibility index (Phi) is 9.23. The molecule has 40 heavy (non-hydrogen) atoms. The van der Waals surface area contributed by atoms with Crippen LogP contribution in [0.25, 0.3) is 0 Å².